The van der Waals surface area contributed by atoms with Crippen LogP contribution in [0.5, 0.6) is 0 Å². The predicted octanol–water partition coefficient (Wildman–Crippen LogP) is 4.71. The van der Waals surface area contributed by atoms with Gasteiger partial charge in [0, 0.05) is 12.1 Å². The van der Waals surface area contributed by atoms with Gasteiger partial charge >= 0.3 is 0 Å². The number of rotatable bonds is 7. The first kappa shape index (κ1) is 16.2. The molecule has 0 spiro atoms. The molecule has 1 nitrogen and oxygen atoms in total. The maximum absolute atomic E-state index is 3.78. The van der Waals surface area contributed by atoms with Crippen LogP contribution in [-0.2, 0) is 5.54 Å². The summed E-state index contributed by atoms with van der Waals surface area (Å²) in [5.74, 6) is 0. The topological polar surface area (TPSA) is 3.24 Å². The number of hydrogen-bond donors (Lipinski definition) is 0. The minimum absolute atomic E-state index is 0.0243. The van der Waals surface area contributed by atoms with Gasteiger partial charge in [0.15, 0.2) is 0 Å². The molecule has 1 aromatic rings. The summed E-state index contributed by atoms with van der Waals surface area (Å²) in [6, 6.07) is 10.6. The Balaban J connectivity index is 2.90. The van der Waals surface area contributed by atoms with Crippen molar-refractivity contribution in [2.45, 2.75) is 19.4 Å². The normalized spacial score (nSPS) is 12.9. The van der Waals surface area contributed by atoms with Gasteiger partial charge in [-0.15, -0.1) is 0 Å². The van der Waals surface area contributed by atoms with Crippen LogP contribution in [0.4, 0.5) is 0 Å². The third-order valence-electron chi connectivity index (χ3n) is 3.63. The van der Waals surface area contributed by atoms with E-state index in [9.17, 15) is 0 Å². The van der Waals surface area contributed by atoms with Crippen molar-refractivity contribution in [1.82, 2.24) is 4.90 Å². The van der Waals surface area contributed by atoms with Crippen LogP contribution in [0.15, 0.2) is 79.4 Å². The lowest BCUT2D eigenvalue weighted by atomic mass is 9.92. The number of hydrogen-bond acceptors (Lipinski definition) is 1. The number of allylic oxidation sites excluding steroid dienone is 4. The van der Waals surface area contributed by atoms with E-state index < -0.39 is 0 Å². The van der Waals surface area contributed by atoms with Crippen molar-refractivity contribution in [1.29, 1.82) is 0 Å². The molecular formula is C19H25N. The van der Waals surface area contributed by atoms with Gasteiger partial charge in [0.25, 0.3) is 0 Å². The number of likely N-dealkylation sites (N-methyl/N-ethyl adjacent to an activating group) is 1. The minimum Gasteiger partial charge on any atom is -0.293 e. The smallest absolute Gasteiger partial charge is 0.0404 e. The first-order valence-corrected chi connectivity index (χ1v) is 6.90. The third-order valence-corrected chi connectivity index (χ3v) is 3.63. The van der Waals surface area contributed by atoms with Crippen molar-refractivity contribution in [3.63, 3.8) is 0 Å². The second-order valence-corrected chi connectivity index (χ2v) is 5.35. The SMILES string of the molecule is C=C/C=C\C(=C/C=C)CN(C)C(C)(C)c1ccccc1. The van der Waals surface area contributed by atoms with Gasteiger partial charge in [-0.2, -0.15) is 0 Å². The lowest BCUT2D eigenvalue weighted by molar-refractivity contribution is 0.172. The molecule has 1 heteroatoms. The Morgan fingerprint density at radius 3 is 2.35 bits per heavy atom. The zero-order chi connectivity index (χ0) is 15.0. The number of nitrogens with zero attached hydrogens (tertiary/aromatic N) is 1. The zero-order valence-corrected chi connectivity index (χ0v) is 12.8. The maximum atomic E-state index is 3.78. The second kappa shape index (κ2) is 7.66. The van der Waals surface area contributed by atoms with E-state index in [1.807, 2.05) is 18.2 Å². The minimum atomic E-state index is -0.0243. The Labute approximate surface area is 123 Å². The molecule has 0 saturated carbocycles. The first-order chi connectivity index (χ1) is 9.52. The Bertz CT molecular complexity index is 492. The molecule has 0 unspecified atom stereocenters. The summed E-state index contributed by atoms with van der Waals surface area (Å²) >= 11 is 0. The van der Waals surface area contributed by atoms with Gasteiger partial charge in [0.2, 0.25) is 0 Å². The molecule has 0 radical (unpaired) electrons. The lowest BCUT2D eigenvalue weighted by Crippen LogP contribution is -2.39. The molecule has 0 aromatic heterocycles. The van der Waals surface area contributed by atoms with E-state index >= 15 is 0 Å². The quantitative estimate of drug-likeness (QED) is 0.647. The van der Waals surface area contributed by atoms with Crippen LogP contribution in [0.25, 0.3) is 0 Å². The maximum Gasteiger partial charge on any atom is 0.0404 e. The fourth-order valence-electron chi connectivity index (χ4n) is 2.04. The molecular weight excluding hydrogens is 242 g/mol. The van der Waals surface area contributed by atoms with E-state index in [1.165, 1.54) is 11.1 Å². The van der Waals surface area contributed by atoms with E-state index in [-0.39, 0.29) is 5.54 Å². The largest absolute Gasteiger partial charge is 0.293 e. The van der Waals surface area contributed by atoms with Crippen LogP contribution in [0.3, 0.4) is 0 Å². The van der Waals surface area contributed by atoms with Crippen LogP contribution >= 0.6 is 0 Å². The van der Waals surface area contributed by atoms with Crippen molar-refractivity contribution in [2.24, 2.45) is 0 Å². The van der Waals surface area contributed by atoms with Gasteiger partial charge in [-0.1, -0.05) is 73.9 Å². The molecule has 0 bridgehead atoms. The second-order valence-electron chi connectivity index (χ2n) is 5.35. The van der Waals surface area contributed by atoms with E-state index in [4.69, 9.17) is 0 Å². The first-order valence-electron chi connectivity index (χ1n) is 6.90. The zero-order valence-electron chi connectivity index (χ0n) is 12.8. The van der Waals surface area contributed by atoms with Crippen molar-refractivity contribution in [2.75, 3.05) is 13.6 Å². The van der Waals surface area contributed by atoms with Crippen molar-refractivity contribution < 1.29 is 0 Å². The van der Waals surface area contributed by atoms with E-state index in [2.05, 4.69) is 75.4 Å². The molecule has 0 amide bonds. The van der Waals surface area contributed by atoms with E-state index in [1.54, 1.807) is 6.08 Å². The molecule has 106 valence electrons. The Morgan fingerprint density at radius 2 is 1.80 bits per heavy atom. The van der Waals surface area contributed by atoms with Crippen LogP contribution in [-0.4, -0.2) is 18.5 Å². The Morgan fingerprint density at radius 1 is 1.15 bits per heavy atom. The molecule has 1 aromatic carbocycles. The van der Waals surface area contributed by atoms with Gasteiger partial charge in [-0.05, 0) is 32.0 Å². The van der Waals surface area contributed by atoms with Gasteiger partial charge < -0.3 is 0 Å². The Hall–Kier alpha value is -1.86. The van der Waals surface area contributed by atoms with Gasteiger partial charge in [-0.3, -0.25) is 4.90 Å². The van der Waals surface area contributed by atoms with E-state index in [0.29, 0.717) is 0 Å². The monoisotopic (exact) mass is 267 g/mol. The highest BCUT2D eigenvalue weighted by Gasteiger charge is 2.25. The van der Waals surface area contributed by atoms with Crippen molar-refractivity contribution >= 4 is 0 Å². The molecule has 0 atom stereocenters. The van der Waals surface area contributed by atoms with Crippen molar-refractivity contribution in [3.8, 4) is 0 Å². The standard InChI is InChI=1S/C19H25N/c1-6-8-13-17(12-7-2)16-20(5)19(3,4)18-14-10-9-11-15-18/h6-15H,1-2,16H2,3-5H3/b13-8-,17-12+. The summed E-state index contributed by atoms with van der Waals surface area (Å²) in [7, 11) is 2.14. The fraction of sp³-hybridized carbons (Fsp3) is 0.263. The molecule has 20 heavy (non-hydrogen) atoms. The average Bonchev–Trinajstić information content (AvgIpc) is 2.45. The lowest BCUT2D eigenvalue weighted by Gasteiger charge is -2.36. The van der Waals surface area contributed by atoms with Crippen LogP contribution < -0.4 is 0 Å². The summed E-state index contributed by atoms with van der Waals surface area (Å²) in [5, 5.41) is 0. The van der Waals surface area contributed by atoms with Gasteiger partial charge in [0.05, 0.1) is 0 Å². The fourth-order valence-corrected chi connectivity index (χ4v) is 2.04. The van der Waals surface area contributed by atoms with Gasteiger partial charge in [0.1, 0.15) is 0 Å². The summed E-state index contributed by atoms with van der Waals surface area (Å²) in [5.41, 5.74) is 2.50. The average molecular weight is 267 g/mol. The molecule has 0 heterocycles. The van der Waals surface area contributed by atoms with Crippen LogP contribution in [0.2, 0.25) is 0 Å². The third kappa shape index (κ3) is 4.36. The Kier molecular flexibility index (Phi) is 6.20. The highest BCUT2D eigenvalue weighted by Crippen LogP contribution is 2.26. The number of benzene rings is 1. The molecule has 0 aliphatic rings. The summed E-state index contributed by atoms with van der Waals surface area (Å²) in [6.45, 7) is 12.8. The van der Waals surface area contributed by atoms with E-state index in [0.717, 1.165) is 6.54 Å². The summed E-state index contributed by atoms with van der Waals surface area (Å²) < 4.78 is 0. The highest BCUT2D eigenvalue weighted by molar-refractivity contribution is 5.28. The molecule has 0 aliphatic carbocycles. The van der Waals surface area contributed by atoms with Crippen LogP contribution in [0.1, 0.15) is 19.4 Å². The molecule has 0 aliphatic heterocycles. The van der Waals surface area contributed by atoms with Crippen molar-refractivity contribution in [3.05, 3.63) is 85.0 Å². The molecule has 0 fully saturated rings. The molecule has 1 rings (SSSR count). The predicted molar refractivity (Wildman–Crippen MR) is 89.7 cm³/mol. The molecule has 0 N–H and O–H groups in total. The summed E-state index contributed by atoms with van der Waals surface area (Å²) in [6.07, 6.45) is 9.69. The molecule has 0 saturated heterocycles. The highest BCUT2D eigenvalue weighted by atomic mass is 15.2. The van der Waals surface area contributed by atoms with Gasteiger partial charge in [-0.25, -0.2) is 0 Å². The summed E-state index contributed by atoms with van der Waals surface area (Å²) in [4.78, 5) is 2.34. The van der Waals surface area contributed by atoms with Crippen LogP contribution in [0, 0.1) is 0 Å².